The Morgan fingerprint density at radius 1 is 1.04 bits per heavy atom. The van der Waals surface area contributed by atoms with Gasteiger partial charge in [0.25, 0.3) is 10.0 Å². The number of fused-ring (bicyclic) bond motifs is 1. The summed E-state index contributed by atoms with van der Waals surface area (Å²) in [5, 5.41) is 8.60. The van der Waals surface area contributed by atoms with E-state index in [0.717, 1.165) is 6.08 Å². The highest BCUT2D eigenvalue weighted by Gasteiger charge is 2.17. The first-order chi connectivity index (χ1) is 11.9. The maximum atomic E-state index is 12.5. The molecule has 0 amide bonds. The predicted octanol–water partition coefficient (Wildman–Crippen LogP) is 2.36. The Balaban J connectivity index is 1.78. The number of rotatable bonds is 5. The highest BCUT2D eigenvalue weighted by molar-refractivity contribution is 7.92. The van der Waals surface area contributed by atoms with Crippen molar-refractivity contribution in [1.29, 1.82) is 0 Å². The molecule has 3 rings (SSSR count). The molecule has 2 aromatic carbocycles. The predicted molar refractivity (Wildman–Crippen MR) is 91.4 cm³/mol. The zero-order chi connectivity index (χ0) is 17.9. The summed E-state index contributed by atoms with van der Waals surface area (Å²) in [5.41, 5.74) is 0.944. The van der Waals surface area contributed by atoms with E-state index in [-0.39, 0.29) is 4.90 Å². The quantitative estimate of drug-likeness (QED) is 0.793. The summed E-state index contributed by atoms with van der Waals surface area (Å²) in [7, 11) is -3.77. The Morgan fingerprint density at radius 3 is 2.40 bits per heavy atom. The SMILES string of the molecule is O=C(O)/C=C/c1ccc(S(=O)(=O)Nc2ccc3c(c2)OCCO3)cc1. The van der Waals surface area contributed by atoms with Crippen LogP contribution in [-0.4, -0.2) is 32.7 Å². The summed E-state index contributed by atoms with van der Waals surface area (Å²) in [6.45, 7) is 0.870. The van der Waals surface area contributed by atoms with Crippen LogP contribution in [0.15, 0.2) is 53.4 Å². The van der Waals surface area contributed by atoms with E-state index in [9.17, 15) is 13.2 Å². The average molecular weight is 361 g/mol. The molecule has 1 aliphatic heterocycles. The van der Waals surface area contributed by atoms with Gasteiger partial charge in [0.2, 0.25) is 0 Å². The molecular formula is C17H15NO6S. The van der Waals surface area contributed by atoms with Crippen molar-refractivity contribution < 1.29 is 27.8 Å². The van der Waals surface area contributed by atoms with Gasteiger partial charge in [0.05, 0.1) is 10.6 Å². The van der Waals surface area contributed by atoms with Crippen LogP contribution in [0.5, 0.6) is 11.5 Å². The van der Waals surface area contributed by atoms with Crippen molar-refractivity contribution in [2.45, 2.75) is 4.90 Å². The summed E-state index contributed by atoms with van der Waals surface area (Å²) >= 11 is 0. The first-order valence-electron chi connectivity index (χ1n) is 7.37. The Kier molecular flexibility index (Phi) is 4.62. The number of hydrogen-bond acceptors (Lipinski definition) is 5. The molecule has 1 aliphatic rings. The fraction of sp³-hybridized carbons (Fsp3) is 0.118. The molecule has 0 aliphatic carbocycles. The number of aliphatic carboxylic acids is 1. The first kappa shape index (κ1) is 16.8. The number of anilines is 1. The second-order valence-corrected chi connectivity index (χ2v) is 6.89. The zero-order valence-corrected chi connectivity index (χ0v) is 13.8. The van der Waals surface area contributed by atoms with Gasteiger partial charge in [-0.3, -0.25) is 4.72 Å². The lowest BCUT2D eigenvalue weighted by Crippen LogP contribution is -2.16. The number of carboxylic acids is 1. The van der Waals surface area contributed by atoms with E-state index in [1.54, 1.807) is 18.2 Å². The van der Waals surface area contributed by atoms with Gasteiger partial charge in [0.1, 0.15) is 13.2 Å². The van der Waals surface area contributed by atoms with Crippen molar-refractivity contribution in [2.75, 3.05) is 17.9 Å². The van der Waals surface area contributed by atoms with Crippen molar-refractivity contribution in [3.8, 4) is 11.5 Å². The molecule has 0 spiro atoms. The Bertz CT molecular complexity index is 919. The second-order valence-electron chi connectivity index (χ2n) is 5.20. The van der Waals surface area contributed by atoms with Gasteiger partial charge in [-0.25, -0.2) is 13.2 Å². The first-order valence-corrected chi connectivity index (χ1v) is 8.86. The van der Waals surface area contributed by atoms with E-state index in [1.165, 1.54) is 30.3 Å². The maximum Gasteiger partial charge on any atom is 0.328 e. The Labute approximate surface area is 144 Å². The molecule has 1 heterocycles. The van der Waals surface area contributed by atoms with Gasteiger partial charge in [-0.2, -0.15) is 0 Å². The van der Waals surface area contributed by atoms with Crippen LogP contribution in [0.1, 0.15) is 5.56 Å². The van der Waals surface area contributed by atoms with Crippen LogP contribution in [0.3, 0.4) is 0 Å². The standard InChI is InChI=1S/C17H15NO6S/c19-17(20)8-3-12-1-5-14(6-2-12)25(21,22)18-13-4-7-15-16(11-13)24-10-9-23-15/h1-8,11,18H,9-10H2,(H,19,20)/b8-3+. The summed E-state index contributed by atoms with van der Waals surface area (Å²) in [6.07, 6.45) is 2.37. The molecule has 0 atom stereocenters. The van der Waals surface area contributed by atoms with E-state index < -0.39 is 16.0 Å². The molecule has 0 bridgehead atoms. The van der Waals surface area contributed by atoms with Gasteiger partial charge in [0, 0.05) is 12.1 Å². The van der Waals surface area contributed by atoms with E-state index in [0.29, 0.717) is 36.0 Å². The minimum absolute atomic E-state index is 0.0647. The summed E-state index contributed by atoms with van der Waals surface area (Å²) < 4.78 is 38.2. The van der Waals surface area contributed by atoms with Crippen LogP contribution in [0.25, 0.3) is 6.08 Å². The summed E-state index contributed by atoms with van der Waals surface area (Å²) in [6, 6.07) is 10.7. The Hall–Kier alpha value is -3.00. The molecule has 0 radical (unpaired) electrons. The monoisotopic (exact) mass is 361 g/mol. The highest BCUT2D eigenvalue weighted by Crippen LogP contribution is 2.33. The molecule has 0 aromatic heterocycles. The third kappa shape index (κ3) is 4.10. The summed E-state index contributed by atoms with van der Waals surface area (Å²) in [4.78, 5) is 10.6. The van der Waals surface area contributed by atoms with Crippen LogP contribution in [0.4, 0.5) is 5.69 Å². The largest absolute Gasteiger partial charge is 0.486 e. The van der Waals surface area contributed by atoms with Crippen LogP contribution in [0, 0.1) is 0 Å². The molecule has 0 fully saturated rings. The fourth-order valence-corrected chi connectivity index (χ4v) is 3.30. The van der Waals surface area contributed by atoms with E-state index in [1.807, 2.05) is 0 Å². The van der Waals surface area contributed by atoms with Gasteiger partial charge in [-0.15, -0.1) is 0 Å². The maximum absolute atomic E-state index is 12.5. The van der Waals surface area contributed by atoms with Crippen molar-refractivity contribution in [3.63, 3.8) is 0 Å². The third-order valence-electron chi connectivity index (χ3n) is 3.40. The topological polar surface area (TPSA) is 102 Å². The lowest BCUT2D eigenvalue weighted by molar-refractivity contribution is -0.131. The van der Waals surface area contributed by atoms with Crippen molar-refractivity contribution in [2.24, 2.45) is 0 Å². The average Bonchev–Trinajstić information content (AvgIpc) is 2.60. The zero-order valence-electron chi connectivity index (χ0n) is 13.0. The van der Waals surface area contributed by atoms with Crippen molar-refractivity contribution >= 4 is 27.8 Å². The molecule has 25 heavy (non-hydrogen) atoms. The minimum atomic E-state index is -3.77. The van der Waals surface area contributed by atoms with Crippen LogP contribution < -0.4 is 14.2 Å². The van der Waals surface area contributed by atoms with Crippen LogP contribution >= 0.6 is 0 Å². The lowest BCUT2D eigenvalue weighted by Gasteiger charge is -2.19. The number of sulfonamides is 1. The third-order valence-corrected chi connectivity index (χ3v) is 4.80. The fourth-order valence-electron chi connectivity index (χ4n) is 2.25. The van der Waals surface area contributed by atoms with Gasteiger partial charge in [-0.1, -0.05) is 12.1 Å². The van der Waals surface area contributed by atoms with Gasteiger partial charge >= 0.3 is 5.97 Å². The normalized spacial score (nSPS) is 13.6. The highest BCUT2D eigenvalue weighted by atomic mass is 32.2. The van der Waals surface area contributed by atoms with Crippen molar-refractivity contribution in [1.82, 2.24) is 0 Å². The van der Waals surface area contributed by atoms with E-state index in [2.05, 4.69) is 4.72 Å². The molecular weight excluding hydrogens is 346 g/mol. The number of carbonyl (C=O) groups is 1. The summed E-state index contributed by atoms with van der Waals surface area (Å²) in [5.74, 6) is -0.0126. The molecule has 0 saturated carbocycles. The molecule has 2 N–H and O–H groups in total. The Morgan fingerprint density at radius 2 is 1.72 bits per heavy atom. The number of nitrogens with one attached hydrogen (secondary N) is 1. The smallest absolute Gasteiger partial charge is 0.328 e. The van der Waals surface area contributed by atoms with Gasteiger partial charge in [-0.05, 0) is 35.9 Å². The molecule has 0 unspecified atom stereocenters. The molecule has 8 heteroatoms. The van der Waals surface area contributed by atoms with Gasteiger partial charge in [0.15, 0.2) is 11.5 Å². The van der Waals surface area contributed by atoms with Crippen LogP contribution in [0.2, 0.25) is 0 Å². The molecule has 130 valence electrons. The number of benzene rings is 2. The van der Waals surface area contributed by atoms with E-state index >= 15 is 0 Å². The van der Waals surface area contributed by atoms with Crippen molar-refractivity contribution in [3.05, 3.63) is 54.1 Å². The number of hydrogen-bond donors (Lipinski definition) is 2. The molecule has 0 saturated heterocycles. The lowest BCUT2D eigenvalue weighted by atomic mass is 10.2. The number of carboxylic acid groups (broad SMARTS) is 1. The van der Waals surface area contributed by atoms with Crippen LogP contribution in [-0.2, 0) is 14.8 Å². The minimum Gasteiger partial charge on any atom is -0.486 e. The number of ether oxygens (including phenoxy) is 2. The molecule has 7 nitrogen and oxygen atoms in total. The second kappa shape index (κ2) is 6.86. The van der Waals surface area contributed by atoms with E-state index in [4.69, 9.17) is 14.6 Å². The molecule has 2 aromatic rings. The van der Waals surface area contributed by atoms with Gasteiger partial charge < -0.3 is 14.6 Å².